The van der Waals surface area contributed by atoms with Crippen LogP contribution in [-0.2, 0) is 11.3 Å². The molecule has 0 radical (unpaired) electrons. The third-order valence-corrected chi connectivity index (χ3v) is 5.10. The van der Waals surface area contributed by atoms with Crippen molar-refractivity contribution in [3.63, 3.8) is 0 Å². The topological polar surface area (TPSA) is 37.4 Å². The highest BCUT2D eigenvalue weighted by atomic mass is 32.1. The van der Waals surface area contributed by atoms with Crippen LogP contribution in [0.2, 0.25) is 0 Å². The maximum absolute atomic E-state index is 5.78. The van der Waals surface area contributed by atoms with E-state index in [0.29, 0.717) is 18.1 Å². The highest BCUT2D eigenvalue weighted by Gasteiger charge is 2.28. The van der Waals surface area contributed by atoms with Crippen LogP contribution < -0.4 is 10.2 Å². The van der Waals surface area contributed by atoms with Gasteiger partial charge in [-0.1, -0.05) is 20.8 Å². The highest BCUT2D eigenvalue weighted by Crippen LogP contribution is 2.30. The fourth-order valence-corrected chi connectivity index (χ4v) is 3.70. The Morgan fingerprint density at radius 3 is 2.90 bits per heavy atom. The Labute approximate surface area is 132 Å². The van der Waals surface area contributed by atoms with Crippen LogP contribution in [0.25, 0.3) is 0 Å². The first-order chi connectivity index (χ1) is 10.0. The van der Waals surface area contributed by atoms with Crippen LogP contribution in [0.1, 0.15) is 44.7 Å². The Morgan fingerprint density at radius 2 is 2.24 bits per heavy atom. The molecule has 1 N–H and O–H groups in total. The van der Waals surface area contributed by atoms with Gasteiger partial charge in [0.1, 0.15) is 0 Å². The number of aryl methyl sites for hydroxylation is 1. The molecule has 0 amide bonds. The van der Waals surface area contributed by atoms with Crippen LogP contribution in [-0.4, -0.2) is 36.8 Å². The summed E-state index contributed by atoms with van der Waals surface area (Å²) in [6.45, 7) is 14.7. The normalized spacial score (nSPS) is 23.0. The predicted octanol–water partition coefficient (Wildman–Crippen LogP) is 3.20. The third kappa shape index (κ3) is 4.41. The van der Waals surface area contributed by atoms with Crippen LogP contribution in [0.15, 0.2) is 0 Å². The van der Waals surface area contributed by atoms with Crippen LogP contribution in [0.5, 0.6) is 0 Å². The lowest BCUT2D eigenvalue weighted by Gasteiger charge is -2.38. The molecule has 21 heavy (non-hydrogen) atoms. The molecule has 1 aromatic heterocycles. The maximum atomic E-state index is 5.78. The molecule has 1 aliphatic rings. The van der Waals surface area contributed by atoms with Gasteiger partial charge in [-0.05, 0) is 32.7 Å². The summed E-state index contributed by atoms with van der Waals surface area (Å²) >= 11 is 1.84. The molecule has 1 aromatic rings. The number of thiazole rings is 1. The first kappa shape index (κ1) is 16.7. The summed E-state index contributed by atoms with van der Waals surface area (Å²) in [6.07, 6.45) is 1.39. The van der Waals surface area contributed by atoms with Crippen molar-refractivity contribution < 1.29 is 4.74 Å². The van der Waals surface area contributed by atoms with Crippen LogP contribution in [0.3, 0.4) is 0 Å². The van der Waals surface area contributed by atoms with Gasteiger partial charge in [0.25, 0.3) is 0 Å². The number of aromatic nitrogens is 1. The number of morpholine rings is 1. The molecule has 0 spiro atoms. The highest BCUT2D eigenvalue weighted by molar-refractivity contribution is 7.15. The molecule has 0 saturated carbocycles. The molecule has 4 nitrogen and oxygen atoms in total. The van der Waals surface area contributed by atoms with Crippen molar-refractivity contribution in [2.24, 2.45) is 5.92 Å². The van der Waals surface area contributed by atoms with Crippen molar-refractivity contribution in [3.05, 3.63) is 10.6 Å². The van der Waals surface area contributed by atoms with Gasteiger partial charge in [-0.25, -0.2) is 4.98 Å². The van der Waals surface area contributed by atoms with Crippen molar-refractivity contribution in [3.8, 4) is 0 Å². The van der Waals surface area contributed by atoms with Crippen molar-refractivity contribution in [2.45, 2.75) is 59.7 Å². The van der Waals surface area contributed by atoms with E-state index in [9.17, 15) is 0 Å². The van der Waals surface area contributed by atoms with E-state index >= 15 is 0 Å². The molecule has 2 rings (SSSR count). The van der Waals surface area contributed by atoms with E-state index in [4.69, 9.17) is 9.72 Å². The Bertz CT molecular complexity index is 447. The summed E-state index contributed by atoms with van der Waals surface area (Å²) in [5, 5.41) is 4.68. The van der Waals surface area contributed by atoms with E-state index in [1.54, 1.807) is 0 Å². The first-order valence-corrected chi connectivity index (χ1v) is 8.88. The minimum absolute atomic E-state index is 0.291. The second kappa shape index (κ2) is 7.56. The smallest absolute Gasteiger partial charge is 0.186 e. The summed E-state index contributed by atoms with van der Waals surface area (Å²) in [6, 6.07) is 0.461. The van der Waals surface area contributed by atoms with Gasteiger partial charge >= 0.3 is 0 Å². The summed E-state index contributed by atoms with van der Waals surface area (Å²) in [5.74, 6) is 0.683. The Balaban J connectivity index is 2.05. The van der Waals surface area contributed by atoms with Gasteiger partial charge in [-0.2, -0.15) is 0 Å². The SMILES string of the molecule is CCC1COC(C)CN1c1nc(C)c(CNCC(C)C)s1. The molecular weight excluding hydrogens is 282 g/mol. The summed E-state index contributed by atoms with van der Waals surface area (Å²) in [5.41, 5.74) is 1.17. The molecule has 0 aromatic carbocycles. The van der Waals surface area contributed by atoms with Gasteiger partial charge < -0.3 is 15.0 Å². The first-order valence-electron chi connectivity index (χ1n) is 8.06. The molecule has 2 atom stereocenters. The third-order valence-electron chi connectivity index (χ3n) is 3.90. The van der Waals surface area contributed by atoms with Crippen molar-refractivity contribution >= 4 is 16.5 Å². The number of nitrogens with one attached hydrogen (secondary N) is 1. The number of nitrogens with zero attached hydrogens (tertiary/aromatic N) is 2. The average molecular weight is 311 g/mol. The summed E-state index contributed by atoms with van der Waals surface area (Å²) in [4.78, 5) is 8.62. The van der Waals surface area contributed by atoms with Gasteiger partial charge in [0.2, 0.25) is 0 Å². The van der Waals surface area contributed by atoms with Gasteiger partial charge in [0.05, 0.1) is 24.4 Å². The zero-order valence-electron chi connectivity index (χ0n) is 14.0. The standard InChI is InChI=1S/C16H29N3OS/c1-6-14-10-20-12(4)9-19(14)16-18-13(5)15(21-16)8-17-7-11(2)3/h11-12,14,17H,6-10H2,1-5H3. The number of ether oxygens (including phenoxy) is 1. The average Bonchev–Trinajstić information content (AvgIpc) is 2.80. The molecule has 5 heteroatoms. The van der Waals surface area contributed by atoms with E-state index in [-0.39, 0.29) is 0 Å². The number of anilines is 1. The molecule has 1 saturated heterocycles. The van der Waals surface area contributed by atoms with E-state index in [0.717, 1.165) is 37.8 Å². The molecule has 0 bridgehead atoms. The number of hydrogen-bond donors (Lipinski definition) is 1. The maximum Gasteiger partial charge on any atom is 0.186 e. The van der Waals surface area contributed by atoms with E-state index in [2.05, 4.69) is 44.8 Å². The Morgan fingerprint density at radius 1 is 1.48 bits per heavy atom. The van der Waals surface area contributed by atoms with Gasteiger partial charge in [0.15, 0.2) is 5.13 Å². The lowest BCUT2D eigenvalue weighted by atomic mass is 10.1. The molecular formula is C16H29N3OS. The zero-order chi connectivity index (χ0) is 15.4. The fourth-order valence-electron chi connectivity index (χ4n) is 2.59. The van der Waals surface area contributed by atoms with Crippen LogP contribution >= 0.6 is 11.3 Å². The minimum atomic E-state index is 0.291. The molecule has 1 fully saturated rings. The number of hydrogen-bond acceptors (Lipinski definition) is 5. The molecule has 120 valence electrons. The lowest BCUT2D eigenvalue weighted by molar-refractivity contribution is 0.0299. The largest absolute Gasteiger partial charge is 0.375 e. The molecule has 2 unspecified atom stereocenters. The van der Waals surface area contributed by atoms with E-state index in [1.807, 2.05) is 11.3 Å². The monoisotopic (exact) mass is 311 g/mol. The zero-order valence-corrected chi connectivity index (χ0v) is 14.8. The van der Waals surface area contributed by atoms with Gasteiger partial charge in [-0.15, -0.1) is 11.3 Å². The van der Waals surface area contributed by atoms with E-state index in [1.165, 1.54) is 10.6 Å². The molecule has 0 aliphatic carbocycles. The quantitative estimate of drug-likeness (QED) is 0.875. The molecule has 1 aliphatic heterocycles. The summed E-state index contributed by atoms with van der Waals surface area (Å²) < 4.78 is 5.78. The lowest BCUT2D eigenvalue weighted by Crippen LogP contribution is -2.48. The second-order valence-corrected chi connectivity index (χ2v) is 7.45. The summed E-state index contributed by atoms with van der Waals surface area (Å²) in [7, 11) is 0. The fraction of sp³-hybridized carbons (Fsp3) is 0.812. The van der Waals surface area contributed by atoms with Crippen LogP contribution in [0.4, 0.5) is 5.13 Å². The van der Waals surface area contributed by atoms with E-state index < -0.39 is 0 Å². The number of rotatable bonds is 6. The Hall–Kier alpha value is -0.650. The minimum Gasteiger partial charge on any atom is -0.375 e. The van der Waals surface area contributed by atoms with Gasteiger partial charge in [0, 0.05) is 18.0 Å². The Kier molecular flexibility index (Phi) is 6.02. The van der Waals surface area contributed by atoms with Crippen molar-refractivity contribution in [1.29, 1.82) is 0 Å². The second-order valence-electron chi connectivity index (χ2n) is 6.39. The van der Waals surface area contributed by atoms with Crippen molar-refractivity contribution in [2.75, 3.05) is 24.6 Å². The van der Waals surface area contributed by atoms with Crippen molar-refractivity contribution in [1.82, 2.24) is 10.3 Å². The molecule has 2 heterocycles. The van der Waals surface area contributed by atoms with Crippen LogP contribution in [0, 0.1) is 12.8 Å². The predicted molar refractivity (Wildman–Crippen MR) is 90.2 cm³/mol. The van der Waals surface area contributed by atoms with Gasteiger partial charge in [-0.3, -0.25) is 0 Å².